The molecule has 19 heavy (non-hydrogen) atoms. The first kappa shape index (κ1) is 14.4. The van der Waals surface area contributed by atoms with Crippen molar-refractivity contribution < 1.29 is 9.90 Å². The molecule has 1 heterocycles. The lowest BCUT2D eigenvalue weighted by Gasteiger charge is -2.23. The maximum atomic E-state index is 10.9. The molecule has 0 saturated heterocycles. The third kappa shape index (κ3) is 3.30. The van der Waals surface area contributed by atoms with Gasteiger partial charge in [-0.1, -0.05) is 31.9 Å². The molecule has 0 aliphatic heterocycles. The van der Waals surface area contributed by atoms with Gasteiger partial charge in [0, 0.05) is 40.3 Å². The van der Waals surface area contributed by atoms with Crippen LogP contribution < -0.4 is 4.90 Å². The number of carboxylic acids is 1. The minimum Gasteiger partial charge on any atom is -0.477 e. The van der Waals surface area contributed by atoms with Crippen molar-refractivity contribution in [1.82, 2.24) is 4.98 Å². The SMILES string of the molecule is O=C(O)c1cc2cc(N(CCBr)CCBr)ccc2[nH]1. The van der Waals surface area contributed by atoms with Crippen molar-refractivity contribution in [3.63, 3.8) is 0 Å². The first-order chi connectivity index (χ1) is 9.15. The largest absolute Gasteiger partial charge is 0.477 e. The Kier molecular flexibility index (Phi) is 4.87. The van der Waals surface area contributed by atoms with Crippen LogP contribution in [0.25, 0.3) is 10.9 Å². The minimum absolute atomic E-state index is 0.222. The molecule has 0 bridgehead atoms. The van der Waals surface area contributed by atoms with Gasteiger partial charge in [0.25, 0.3) is 0 Å². The summed E-state index contributed by atoms with van der Waals surface area (Å²) in [6.07, 6.45) is 0. The molecule has 1 aromatic carbocycles. The van der Waals surface area contributed by atoms with Crippen LogP contribution in [-0.2, 0) is 0 Å². The zero-order chi connectivity index (χ0) is 13.8. The normalized spacial score (nSPS) is 10.8. The van der Waals surface area contributed by atoms with E-state index in [-0.39, 0.29) is 5.69 Å². The molecule has 0 spiro atoms. The fourth-order valence-corrected chi connectivity index (χ4v) is 2.86. The van der Waals surface area contributed by atoms with Gasteiger partial charge in [0.2, 0.25) is 0 Å². The number of benzene rings is 1. The molecule has 0 atom stereocenters. The predicted octanol–water partition coefficient (Wildman–Crippen LogP) is 3.46. The molecular weight excluding hydrogens is 376 g/mol. The Labute approximate surface area is 128 Å². The first-order valence-electron chi connectivity index (χ1n) is 5.88. The summed E-state index contributed by atoms with van der Waals surface area (Å²) < 4.78 is 0. The summed E-state index contributed by atoms with van der Waals surface area (Å²) in [7, 11) is 0. The maximum absolute atomic E-state index is 10.9. The number of aromatic carboxylic acids is 1. The zero-order valence-electron chi connectivity index (χ0n) is 10.2. The number of nitrogens with one attached hydrogen (secondary N) is 1. The molecule has 0 amide bonds. The molecule has 0 saturated carbocycles. The third-order valence-corrected chi connectivity index (χ3v) is 3.62. The fourth-order valence-electron chi connectivity index (χ4n) is 2.01. The highest BCUT2D eigenvalue weighted by Gasteiger charge is 2.10. The molecule has 2 aromatic rings. The Morgan fingerprint density at radius 3 is 2.47 bits per heavy atom. The van der Waals surface area contributed by atoms with Crippen LogP contribution >= 0.6 is 31.9 Å². The van der Waals surface area contributed by atoms with Crippen LogP contribution in [0.15, 0.2) is 24.3 Å². The molecule has 0 fully saturated rings. The number of aromatic amines is 1. The lowest BCUT2D eigenvalue weighted by molar-refractivity contribution is 0.0691. The number of carbonyl (C=O) groups is 1. The van der Waals surface area contributed by atoms with Crippen molar-refractivity contribution in [2.45, 2.75) is 0 Å². The first-order valence-corrected chi connectivity index (χ1v) is 8.13. The standard InChI is InChI=1S/C13H14Br2N2O2/c14-3-5-17(6-4-15)10-1-2-11-9(7-10)8-12(16-11)13(18)19/h1-2,7-8,16H,3-6H2,(H,18,19). The van der Waals surface area contributed by atoms with Gasteiger partial charge in [0.15, 0.2) is 0 Å². The van der Waals surface area contributed by atoms with Crippen molar-refractivity contribution in [1.29, 1.82) is 0 Å². The average Bonchev–Trinajstić information content (AvgIpc) is 2.81. The number of anilines is 1. The van der Waals surface area contributed by atoms with E-state index in [1.807, 2.05) is 18.2 Å². The summed E-state index contributed by atoms with van der Waals surface area (Å²) in [6, 6.07) is 7.62. The highest BCUT2D eigenvalue weighted by molar-refractivity contribution is 9.09. The van der Waals surface area contributed by atoms with E-state index < -0.39 is 5.97 Å². The van der Waals surface area contributed by atoms with E-state index >= 15 is 0 Å². The number of fused-ring (bicyclic) bond motifs is 1. The van der Waals surface area contributed by atoms with Crippen molar-refractivity contribution in [3.05, 3.63) is 30.0 Å². The van der Waals surface area contributed by atoms with E-state index in [1.165, 1.54) is 0 Å². The van der Waals surface area contributed by atoms with E-state index in [2.05, 4.69) is 41.7 Å². The Bertz CT molecular complexity index is 577. The van der Waals surface area contributed by atoms with Crippen LogP contribution in [0.4, 0.5) is 5.69 Å². The highest BCUT2D eigenvalue weighted by atomic mass is 79.9. The van der Waals surface area contributed by atoms with Crippen LogP contribution in [0, 0.1) is 0 Å². The van der Waals surface area contributed by atoms with E-state index in [0.29, 0.717) is 0 Å². The number of aromatic nitrogens is 1. The average molecular weight is 390 g/mol. The van der Waals surface area contributed by atoms with Gasteiger partial charge in [0.05, 0.1) is 0 Å². The summed E-state index contributed by atoms with van der Waals surface area (Å²) in [5.74, 6) is -0.935. The number of rotatable bonds is 6. The molecule has 0 aliphatic rings. The smallest absolute Gasteiger partial charge is 0.352 e. The van der Waals surface area contributed by atoms with Gasteiger partial charge < -0.3 is 15.0 Å². The van der Waals surface area contributed by atoms with Gasteiger partial charge in [0.1, 0.15) is 5.69 Å². The molecule has 0 aliphatic carbocycles. The van der Waals surface area contributed by atoms with Gasteiger partial charge in [-0.3, -0.25) is 0 Å². The maximum Gasteiger partial charge on any atom is 0.352 e. The lowest BCUT2D eigenvalue weighted by Crippen LogP contribution is -2.27. The number of nitrogens with zero attached hydrogens (tertiary/aromatic N) is 1. The summed E-state index contributed by atoms with van der Waals surface area (Å²) in [4.78, 5) is 16.1. The lowest BCUT2D eigenvalue weighted by atomic mass is 10.2. The number of carboxylic acid groups (broad SMARTS) is 1. The van der Waals surface area contributed by atoms with Crippen molar-refractivity contribution in [3.8, 4) is 0 Å². The second-order valence-corrected chi connectivity index (χ2v) is 5.71. The Morgan fingerprint density at radius 2 is 1.89 bits per heavy atom. The van der Waals surface area contributed by atoms with Crippen molar-refractivity contribution in [2.75, 3.05) is 28.6 Å². The fraction of sp³-hybridized carbons (Fsp3) is 0.308. The van der Waals surface area contributed by atoms with E-state index in [9.17, 15) is 4.79 Å². The van der Waals surface area contributed by atoms with Crippen LogP contribution in [0.5, 0.6) is 0 Å². The Morgan fingerprint density at radius 1 is 1.21 bits per heavy atom. The molecule has 4 nitrogen and oxygen atoms in total. The highest BCUT2D eigenvalue weighted by Crippen LogP contribution is 2.23. The van der Waals surface area contributed by atoms with Gasteiger partial charge >= 0.3 is 5.97 Å². The number of halogens is 2. The Balaban J connectivity index is 2.36. The second kappa shape index (κ2) is 6.43. The molecule has 0 unspecified atom stereocenters. The number of hydrogen-bond donors (Lipinski definition) is 2. The van der Waals surface area contributed by atoms with Crippen LogP contribution in [-0.4, -0.2) is 39.8 Å². The topological polar surface area (TPSA) is 56.3 Å². The summed E-state index contributed by atoms with van der Waals surface area (Å²) in [6.45, 7) is 1.82. The summed E-state index contributed by atoms with van der Waals surface area (Å²) in [5.41, 5.74) is 2.17. The third-order valence-electron chi connectivity index (χ3n) is 2.91. The van der Waals surface area contributed by atoms with Crippen LogP contribution in [0.3, 0.4) is 0 Å². The van der Waals surface area contributed by atoms with Crippen molar-refractivity contribution in [2.24, 2.45) is 0 Å². The van der Waals surface area contributed by atoms with E-state index in [4.69, 9.17) is 5.11 Å². The van der Waals surface area contributed by atoms with E-state index in [1.54, 1.807) is 6.07 Å². The molecule has 6 heteroatoms. The number of alkyl halides is 2. The molecular formula is C13H14Br2N2O2. The van der Waals surface area contributed by atoms with Crippen LogP contribution in [0.2, 0.25) is 0 Å². The van der Waals surface area contributed by atoms with Gasteiger partial charge in [-0.05, 0) is 24.3 Å². The van der Waals surface area contributed by atoms with Gasteiger partial charge in [-0.2, -0.15) is 0 Å². The molecule has 2 rings (SSSR count). The predicted molar refractivity (Wildman–Crippen MR) is 85.1 cm³/mol. The number of hydrogen-bond acceptors (Lipinski definition) is 2. The molecule has 102 valence electrons. The quantitative estimate of drug-likeness (QED) is 0.743. The molecule has 1 aromatic heterocycles. The number of H-pyrrole nitrogens is 1. The molecule has 0 radical (unpaired) electrons. The second-order valence-electron chi connectivity index (χ2n) is 4.12. The van der Waals surface area contributed by atoms with Crippen molar-refractivity contribution >= 4 is 54.4 Å². The summed E-state index contributed by atoms with van der Waals surface area (Å²) >= 11 is 6.90. The van der Waals surface area contributed by atoms with Crippen LogP contribution in [0.1, 0.15) is 10.5 Å². The molecule has 2 N–H and O–H groups in total. The Hall–Kier alpha value is -1.01. The van der Waals surface area contributed by atoms with E-state index in [0.717, 1.165) is 40.3 Å². The van der Waals surface area contributed by atoms with Gasteiger partial charge in [-0.15, -0.1) is 0 Å². The minimum atomic E-state index is -0.935. The van der Waals surface area contributed by atoms with Gasteiger partial charge in [-0.25, -0.2) is 4.79 Å². The summed E-state index contributed by atoms with van der Waals surface area (Å²) in [5, 5.41) is 11.7. The monoisotopic (exact) mass is 388 g/mol. The zero-order valence-corrected chi connectivity index (χ0v) is 13.4.